The Morgan fingerprint density at radius 3 is 2.52 bits per heavy atom. The first-order valence-electron chi connectivity index (χ1n) is 7.62. The minimum absolute atomic E-state index is 0.107. The Hall–Kier alpha value is -1.86. The van der Waals surface area contributed by atoms with E-state index in [-0.39, 0.29) is 12.3 Å². The van der Waals surface area contributed by atoms with Gasteiger partial charge in [-0.15, -0.1) is 0 Å². The van der Waals surface area contributed by atoms with Gasteiger partial charge in [0.2, 0.25) is 15.9 Å². The average molecular weight is 338 g/mol. The standard InChI is InChI=1S/C16H22N2O4S/c1-4-10-23(19,20)17-11-15-12(3)22-16(18-15)13-6-8-14(9-7-13)21-5-2/h6-9,17H,4-5,10-11H2,1-3H3. The predicted molar refractivity (Wildman–Crippen MR) is 88.8 cm³/mol. The van der Waals surface area contributed by atoms with Crippen molar-refractivity contribution in [3.8, 4) is 17.2 Å². The second-order valence-electron chi connectivity index (χ2n) is 5.12. The van der Waals surface area contributed by atoms with E-state index < -0.39 is 10.0 Å². The summed E-state index contributed by atoms with van der Waals surface area (Å²) in [5.74, 6) is 1.96. The lowest BCUT2D eigenvalue weighted by atomic mass is 10.2. The van der Waals surface area contributed by atoms with Crippen LogP contribution in [0.5, 0.6) is 5.75 Å². The number of nitrogens with zero attached hydrogens (tertiary/aromatic N) is 1. The van der Waals surface area contributed by atoms with Crippen molar-refractivity contribution in [2.24, 2.45) is 0 Å². The first-order valence-corrected chi connectivity index (χ1v) is 9.27. The van der Waals surface area contributed by atoms with Gasteiger partial charge in [0.1, 0.15) is 11.5 Å². The SMILES string of the molecule is CCCS(=O)(=O)NCc1nc(-c2ccc(OCC)cc2)oc1C. The molecule has 23 heavy (non-hydrogen) atoms. The number of hydrogen-bond acceptors (Lipinski definition) is 5. The third kappa shape index (κ3) is 4.80. The van der Waals surface area contributed by atoms with Gasteiger partial charge < -0.3 is 9.15 Å². The Morgan fingerprint density at radius 2 is 1.91 bits per heavy atom. The lowest BCUT2D eigenvalue weighted by Crippen LogP contribution is -2.26. The maximum absolute atomic E-state index is 11.7. The van der Waals surface area contributed by atoms with Crippen LogP contribution in [0.1, 0.15) is 31.7 Å². The van der Waals surface area contributed by atoms with E-state index in [0.717, 1.165) is 11.3 Å². The van der Waals surface area contributed by atoms with Crippen LogP contribution in [-0.2, 0) is 16.6 Å². The number of oxazole rings is 1. The van der Waals surface area contributed by atoms with Crippen LogP contribution in [0.25, 0.3) is 11.5 Å². The van der Waals surface area contributed by atoms with Crippen molar-refractivity contribution in [3.63, 3.8) is 0 Å². The minimum atomic E-state index is -3.26. The molecule has 1 aromatic carbocycles. The maximum atomic E-state index is 11.7. The van der Waals surface area contributed by atoms with E-state index >= 15 is 0 Å². The molecule has 1 heterocycles. The van der Waals surface area contributed by atoms with Crippen molar-refractivity contribution < 1.29 is 17.6 Å². The number of aryl methyl sites for hydroxylation is 1. The van der Waals surface area contributed by atoms with Crippen molar-refractivity contribution in [2.75, 3.05) is 12.4 Å². The lowest BCUT2D eigenvalue weighted by molar-refractivity contribution is 0.340. The van der Waals surface area contributed by atoms with Crippen LogP contribution in [0.4, 0.5) is 0 Å². The van der Waals surface area contributed by atoms with Gasteiger partial charge in [0, 0.05) is 5.56 Å². The zero-order valence-electron chi connectivity index (χ0n) is 13.6. The Balaban J connectivity index is 2.11. The summed E-state index contributed by atoms with van der Waals surface area (Å²) in [4.78, 5) is 4.38. The molecule has 1 aromatic heterocycles. The second kappa shape index (κ2) is 7.61. The molecule has 0 aliphatic heterocycles. The molecule has 0 saturated carbocycles. The monoisotopic (exact) mass is 338 g/mol. The number of nitrogens with one attached hydrogen (secondary N) is 1. The summed E-state index contributed by atoms with van der Waals surface area (Å²) in [6.45, 7) is 6.27. The van der Waals surface area contributed by atoms with Crippen LogP contribution < -0.4 is 9.46 Å². The Bertz CT molecular complexity index is 736. The molecule has 1 N–H and O–H groups in total. The molecule has 0 radical (unpaired) electrons. The Kier molecular flexibility index (Phi) is 5.79. The first-order chi connectivity index (χ1) is 10.9. The zero-order chi connectivity index (χ0) is 16.9. The molecule has 2 rings (SSSR count). The van der Waals surface area contributed by atoms with E-state index in [9.17, 15) is 8.42 Å². The van der Waals surface area contributed by atoms with Gasteiger partial charge in [-0.1, -0.05) is 6.92 Å². The lowest BCUT2D eigenvalue weighted by Gasteiger charge is -2.03. The second-order valence-corrected chi connectivity index (χ2v) is 7.05. The fourth-order valence-electron chi connectivity index (χ4n) is 2.10. The third-order valence-corrected chi connectivity index (χ3v) is 4.77. The molecule has 126 valence electrons. The Labute approximate surface area is 136 Å². The molecule has 0 amide bonds. The molecule has 0 bridgehead atoms. The fraction of sp³-hybridized carbons (Fsp3) is 0.438. The summed E-state index contributed by atoms with van der Waals surface area (Å²) in [6, 6.07) is 7.42. The van der Waals surface area contributed by atoms with Crippen LogP contribution in [0.2, 0.25) is 0 Å². The molecule has 0 saturated heterocycles. The van der Waals surface area contributed by atoms with Gasteiger partial charge in [-0.05, 0) is 44.5 Å². The number of rotatable bonds is 8. The highest BCUT2D eigenvalue weighted by atomic mass is 32.2. The molecular weight excluding hydrogens is 316 g/mol. The molecule has 0 spiro atoms. The fourth-order valence-corrected chi connectivity index (χ4v) is 3.13. The summed E-state index contributed by atoms with van der Waals surface area (Å²) in [7, 11) is -3.26. The van der Waals surface area contributed by atoms with E-state index in [1.807, 2.05) is 38.1 Å². The van der Waals surface area contributed by atoms with E-state index in [2.05, 4.69) is 9.71 Å². The van der Waals surface area contributed by atoms with Crippen LogP contribution in [0, 0.1) is 6.92 Å². The highest BCUT2D eigenvalue weighted by Gasteiger charge is 2.14. The molecule has 2 aromatic rings. The number of ether oxygens (including phenoxy) is 1. The molecule has 6 nitrogen and oxygen atoms in total. The molecule has 0 aliphatic rings. The molecule has 0 unspecified atom stereocenters. The van der Waals surface area contributed by atoms with E-state index in [4.69, 9.17) is 9.15 Å². The molecule has 7 heteroatoms. The number of hydrogen-bond donors (Lipinski definition) is 1. The van der Waals surface area contributed by atoms with Crippen LogP contribution in [0.3, 0.4) is 0 Å². The summed E-state index contributed by atoms with van der Waals surface area (Å²) < 4.78 is 37.0. The van der Waals surface area contributed by atoms with Crippen molar-refractivity contribution in [1.82, 2.24) is 9.71 Å². The van der Waals surface area contributed by atoms with Gasteiger partial charge in [0.05, 0.1) is 24.6 Å². The zero-order valence-corrected chi connectivity index (χ0v) is 14.4. The van der Waals surface area contributed by atoms with Gasteiger partial charge in [-0.25, -0.2) is 18.1 Å². The molecular formula is C16H22N2O4S. The highest BCUT2D eigenvalue weighted by molar-refractivity contribution is 7.89. The van der Waals surface area contributed by atoms with Crippen molar-refractivity contribution >= 4 is 10.0 Å². The van der Waals surface area contributed by atoms with Crippen LogP contribution in [-0.4, -0.2) is 25.8 Å². The van der Waals surface area contributed by atoms with E-state index in [0.29, 0.717) is 30.4 Å². The summed E-state index contributed by atoms with van der Waals surface area (Å²) in [5, 5.41) is 0. The van der Waals surface area contributed by atoms with Gasteiger partial charge in [0.15, 0.2) is 0 Å². The smallest absolute Gasteiger partial charge is 0.226 e. The minimum Gasteiger partial charge on any atom is -0.494 e. The molecule has 0 atom stereocenters. The predicted octanol–water partition coefficient (Wildman–Crippen LogP) is 2.88. The topological polar surface area (TPSA) is 81.4 Å². The molecule has 0 fully saturated rings. The van der Waals surface area contributed by atoms with Gasteiger partial charge >= 0.3 is 0 Å². The van der Waals surface area contributed by atoms with E-state index in [1.54, 1.807) is 6.92 Å². The largest absolute Gasteiger partial charge is 0.494 e. The number of sulfonamides is 1. The quantitative estimate of drug-likeness (QED) is 0.800. The van der Waals surface area contributed by atoms with Crippen LogP contribution in [0.15, 0.2) is 28.7 Å². The highest BCUT2D eigenvalue weighted by Crippen LogP contribution is 2.24. The van der Waals surface area contributed by atoms with Gasteiger partial charge in [-0.3, -0.25) is 0 Å². The first kappa shape index (κ1) is 17.5. The Morgan fingerprint density at radius 1 is 1.22 bits per heavy atom. The normalized spacial score (nSPS) is 11.6. The molecule has 0 aliphatic carbocycles. The number of aromatic nitrogens is 1. The van der Waals surface area contributed by atoms with Gasteiger partial charge in [0.25, 0.3) is 0 Å². The third-order valence-electron chi connectivity index (χ3n) is 3.24. The maximum Gasteiger partial charge on any atom is 0.226 e. The summed E-state index contributed by atoms with van der Waals surface area (Å²) >= 11 is 0. The van der Waals surface area contributed by atoms with Crippen molar-refractivity contribution in [2.45, 2.75) is 33.7 Å². The average Bonchev–Trinajstić information content (AvgIpc) is 2.88. The van der Waals surface area contributed by atoms with Crippen molar-refractivity contribution in [1.29, 1.82) is 0 Å². The summed E-state index contributed by atoms with van der Waals surface area (Å²) in [5.41, 5.74) is 1.41. The van der Waals surface area contributed by atoms with Crippen LogP contribution >= 0.6 is 0 Å². The van der Waals surface area contributed by atoms with Crippen molar-refractivity contribution in [3.05, 3.63) is 35.7 Å². The summed E-state index contributed by atoms with van der Waals surface area (Å²) in [6.07, 6.45) is 0.574. The number of benzene rings is 1. The van der Waals surface area contributed by atoms with Gasteiger partial charge in [-0.2, -0.15) is 0 Å². The van der Waals surface area contributed by atoms with E-state index in [1.165, 1.54) is 0 Å².